The van der Waals surface area contributed by atoms with Gasteiger partial charge >= 0.3 is 0 Å². The first kappa shape index (κ1) is 16.2. The fourth-order valence-corrected chi connectivity index (χ4v) is 1.52. The van der Waals surface area contributed by atoms with Gasteiger partial charge in [0.25, 0.3) is 5.69 Å². The second-order valence-corrected chi connectivity index (χ2v) is 3.87. The summed E-state index contributed by atoms with van der Waals surface area (Å²) in [6.45, 7) is 3.86. The summed E-state index contributed by atoms with van der Waals surface area (Å²) in [5.74, 6) is 0. The van der Waals surface area contributed by atoms with Crippen molar-refractivity contribution in [2.45, 2.75) is 0 Å². The van der Waals surface area contributed by atoms with Crippen molar-refractivity contribution in [1.29, 1.82) is 15.8 Å². The molecule has 1 aromatic rings. The van der Waals surface area contributed by atoms with Gasteiger partial charge in [0.2, 0.25) is 0 Å². The molecule has 0 aliphatic rings. The fraction of sp³-hybridized carbons (Fsp3) is 0.0714. The predicted octanol–water partition coefficient (Wildman–Crippen LogP) is 2.43. The molecule has 0 bridgehead atoms. The van der Waals surface area contributed by atoms with Gasteiger partial charge in [0.05, 0.1) is 4.92 Å². The quantitative estimate of drug-likeness (QED) is 0.355. The first-order chi connectivity index (χ1) is 10.6. The van der Waals surface area contributed by atoms with E-state index in [2.05, 4.69) is 17.2 Å². The second-order valence-electron chi connectivity index (χ2n) is 3.87. The molecule has 1 aromatic carbocycles. The largest absolute Gasteiger partial charge is 0.376 e. The van der Waals surface area contributed by atoms with Gasteiger partial charge in [0, 0.05) is 18.3 Å². The minimum absolute atomic E-state index is 0.209. The molecular weight excluding hydrogens is 284 g/mol. The maximum Gasteiger partial charge on any atom is 0.294 e. The zero-order chi connectivity index (χ0) is 16.5. The van der Waals surface area contributed by atoms with E-state index in [0.717, 1.165) is 0 Å². The summed E-state index contributed by atoms with van der Waals surface area (Å²) in [5.41, 5.74) is -0.376. The van der Waals surface area contributed by atoms with E-state index in [1.165, 1.54) is 18.2 Å². The van der Waals surface area contributed by atoms with Crippen LogP contribution in [0.2, 0.25) is 0 Å². The summed E-state index contributed by atoms with van der Waals surface area (Å²) in [6.07, 6.45) is 1.55. The minimum Gasteiger partial charge on any atom is -0.376 e. The number of nitrogens with zero attached hydrogens (tertiary/aromatic N) is 4. The third kappa shape index (κ3) is 3.83. The Kier molecular flexibility index (Phi) is 5.67. The number of rotatable bonds is 6. The highest BCUT2D eigenvalue weighted by Crippen LogP contribution is 2.28. The third-order valence-electron chi connectivity index (χ3n) is 2.49. The number of allylic oxidation sites excluding steroid dienone is 2. The Bertz CT molecular complexity index is 745. The number of nitro benzene ring substituents is 1. The van der Waals surface area contributed by atoms with Crippen molar-refractivity contribution < 1.29 is 4.92 Å². The molecule has 0 unspecified atom stereocenters. The normalized spacial score (nSPS) is 8.59. The van der Waals surface area contributed by atoms with Gasteiger partial charge in [-0.25, -0.2) is 0 Å². The lowest BCUT2D eigenvalue weighted by Gasteiger charge is -2.08. The van der Waals surface area contributed by atoms with Gasteiger partial charge in [-0.2, -0.15) is 15.8 Å². The number of anilines is 2. The molecule has 0 saturated heterocycles. The van der Waals surface area contributed by atoms with Gasteiger partial charge < -0.3 is 10.6 Å². The standard InChI is InChI=1S/C14H10N6O2/c1-2-5-18-12-4-3-11(6-14(12)20(21)22)19-13(9-17)10(7-15)8-16/h2-4,6,18-19H,1,5H2. The van der Waals surface area contributed by atoms with E-state index < -0.39 is 10.5 Å². The van der Waals surface area contributed by atoms with Crippen LogP contribution >= 0.6 is 0 Å². The van der Waals surface area contributed by atoms with E-state index >= 15 is 0 Å². The second kappa shape index (κ2) is 7.68. The molecule has 2 N–H and O–H groups in total. The lowest BCUT2D eigenvalue weighted by Crippen LogP contribution is -2.04. The average molecular weight is 294 g/mol. The SMILES string of the molecule is C=CCNc1ccc(NC(C#N)=C(C#N)C#N)cc1[N+](=O)[O-]. The average Bonchev–Trinajstić information content (AvgIpc) is 2.53. The maximum atomic E-state index is 11.1. The van der Waals surface area contributed by atoms with Crippen LogP contribution in [0.25, 0.3) is 0 Å². The van der Waals surface area contributed by atoms with Crippen molar-refractivity contribution >= 4 is 17.1 Å². The summed E-state index contributed by atoms with van der Waals surface area (Å²) < 4.78 is 0. The van der Waals surface area contributed by atoms with Crippen molar-refractivity contribution in [3.05, 3.63) is 52.2 Å². The van der Waals surface area contributed by atoms with Crippen LogP contribution in [0.15, 0.2) is 42.1 Å². The van der Waals surface area contributed by atoms with Crippen LogP contribution in [0.5, 0.6) is 0 Å². The Balaban J connectivity index is 3.22. The molecular formula is C14H10N6O2. The molecule has 0 amide bonds. The fourth-order valence-electron chi connectivity index (χ4n) is 1.52. The summed E-state index contributed by atoms with van der Waals surface area (Å²) in [5, 5.41) is 42.8. The lowest BCUT2D eigenvalue weighted by atomic mass is 10.2. The van der Waals surface area contributed by atoms with Gasteiger partial charge in [-0.3, -0.25) is 10.1 Å². The minimum atomic E-state index is -0.581. The molecule has 0 heterocycles. The van der Waals surface area contributed by atoms with Crippen LogP contribution in [0.4, 0.5) is 17.1 Å². The van der Waals surface area contributed by atoms with Crippen LogP contribution in [0, 0.1) is 44.1 Å². The Morgan fingerprint density at radius 3 is 2.50 bits per heavy atom. The van der Waals surface area contributed by atoms with Gasteiger partial charge in [0.1, 0.15) is 29.6 Å². The Morgan fingerprint density at radius 1 is 1.32 bits per heavy atom. The summed E-state index contributed by atoms with van der Waals surface area (Å²) in [6, 6.07) is 8.97. The molecule has 0 atom stereocenters. The van der Waals surface area contributed by atoms with Gasteiger partial charge in [-0.05, 0) is 12.1 Å². The molecule has 0 radical (unpaired) electrons. The highest BCUT2D eigenvalue weighted by atomic mass is 16.6. The zero-order valence-corrected chi connectivity index (χ0v) is 11.3. The third-order valence-corrected chi connectivity index (χ3v) is 2.49. The maximum absolute atomic E-state index is 11.1. The van der Waals surface area contributed by atoms with Crippen molar-refractivity contribution in [2.75, 3.05) is 17.2 Å². The molecule has 108 valence electrons. The molecule has 8 nitrogen and oxygen atoms in total. The predicted molar refractivity (Wildman–Crippen MR) is 79.3 cm³/mol. The number of nitriles is 3. The first-order valence-electron chi connectivity index (χ1n) is 5.92. The van der Waals surface area contributed by atoms with E-state index in [9.17, 15) is 10.1 Å². The van der Waals surface area contributed by atoms with E-state index in [4.69, 9.17) is 15.8 Å². The summed E-state index contributed by atoms with van der Waals surface area (Å²) in [7, 11) is 0. The van der Waals surface area contributed by atoms with Crippen molar-refractivity contribution in [2.24, 2.45) is 0 Å². The van der Waals surface area contributed by atoms with Crippen LogP contribution in [-0.2, 0) is 0 Å². The first-order valence-corrected chi connectivity index (χ1v) is 5.92. The van der Waals surface area contributed by atoms with Crippen LogP contribution in [0.3, 0.4) is 0 Å². The number of hydrogen-bond acceptors (Lipinski definition) is 7. The van der Waals surface area contributed by atoms with Gasteiger partial charge in [0.15, 0.2) is 5.57 Å². The molecule has 0 spiro atoms. The van der Waals surface area contributed by atoms with Gasteiger partial charge in [-0.15, -0.1) is 6.58 Å². The van der Waals surface area contributed by atoms with E-state index in [-0.39, 0.29) is 17.1 Å². The van der Waals surface area contributed by atoms with Crippen LogP contribution in [0.1, 0.15) is 0 Å². The van der Waals surface area contributed by atoms with Crippen molar-refractivity contribution in [3.8, 4) is 18.2 Å². The number of hydrogen-bond donors (Lipinski definition) is 2. The van der Waals surface area contributed by atoms with E-state index in [1.54, 1.807) is 24.3 Å². The molecule has 0 fully saturated rings. The van der Waals surface area contributed by atoms with E-state index in [1.807, 2.05) is 0 Å². The highest BCUT2D eigenvalue weighted by Gasteiger charge is 2.15. The monoisotopic (exact) mass is 294 g/mol. The Labute approximate surface area is 126 Å². The molecule has 0 aromatic heterocycles. The van der Waals surface area contributed by atoms with E-state index in [0.29, 0.717) is 12.2 Å². The Hall–Kier alpha value is -3.83. The van der Waals surface area contributed by atoms with Crippen LogP contribution in [-0.4, -0.2) is 11.5 Å². The smallest absolute Gasteiger partial charge is 0.294 e. The highest BCUT2D eigenvalue weighted by molar-refractivity contribution is 5.70. The molecule has 0 aliphatic carbocycles. The molecule has 0 saturated carbocycles. The lowest BCUT2D eigenvalue weighted by molar-refractivity contribution is -0.383. The van der Waals surface area contributed by atoms with Crippen molar-refractivity contribution in [3.63, 3.8) is 0 Å². The summed E-state index contributed by atoms with van der Waals surface area (Å²) >= 11 is 0. The van der Waals surface area contributed by atoms with Crippen molar-refractivity contribution in [1.82, 2.24) is 0 Å². The molecule has 1 rings (SSSR count). The summed E-state index contributed by atoms with van der Waals surface area (Å²) in [4.78, 5) is 10.5. The Morgan fingerprint density at radius 2 is 2.00 bits per heavy atom. The number of benzene rings is 1. The van der Waals surface area contributed by atoms with Crippen LogP contribution < -0.4 is 10.6 Å². The zero-order valence-electron chi connectivity index (χ0n) is 11.3. The topological polar surface area (TPSA) is 139 Å². The molecule has 8 heteroatoms. The van der Waals surface area contributed by atoms with Gasteiger partial charge in [-0.1, -0.05) is 6.08 Å². The number of nitro groups is 1. The molecule has 22 heavy (non-hydrogen) atoms. The number of nitrogens with one attached hydrogen (secondary N) is 2. The molecule has 0 aliphatic heterocycles.